The van der Waals surface area contributed by atoms with E-state index in [0.717, 1.165) is 11.1 Å². The molecule has 0 spiro atoms. The molecule has 54 heavy (non-hydrogen) atoms. The highest BCUT2D eigenvalue weighted by molar-refractivity contribution is 7.93. The van der Waals surface area contributed by atoms with E-state index < -0.39 is 20.0 Å². The Morgan fingerprint density at radius 3 is 1.22 bits per heavy atom. The van der Waals surface area contributed by atoms with Crippen LogP contribution in [0.4, 0.5) is 11.4 Å². The molecule has 9 nitrogen and oxygen atoms in total. The van der Waals surface area contributed by atoms with Crippen LogP contribution in [0.15, 0.2) is 113 Å². The van der Waals surface area contributed by atoms with Gasteiger partial charge in [0.2, 0.25) is 0 Å². The lowest BCUT2D eigenvalue weighted by Gasteiger charge is -2.20. The summed E-state index contributed by atoms with van der Waals surface area (Å²) < 4.78 is 69.1. The molecule has 5 aromatic rings. The second-order valence-electron chi connectivity index (χ2n) is 14.5. The molecule has 0 radical (unpaired) electrons. The highest BCUT2D eigenvalue weighted by Crippen LogP contribution is 2.30. The minimum atomic E-state index is -3.93. The van der Waals surface area contributed by atoms with Gasteiger partial charge in [0.15, 0.2) is 0 Å². The van der Waals surface area contributed by atoms with Crippen molar-refractivity contribution in [3.8, 4) is 35.2 Å². The molecule has 0 saturated heterocycles. The van der Waals surface area contributed by atoms with Crippen molar-refractivity contribution in [1.82, 2.24) is 4.98 Å². The number of rotatable bonds is 8. The van der Waals surface area contributed by atoms with Gasteiger partial charge < -0.3 is 9.47 Å². The Morgan fingerprint density at radius 2 is 0.889 bits per heavy atom. The maximum absolute atomic E-state index is 13.3. The van der Waals surface area contributed by atoms with Crippen LogP contribution in [-0.2, 0) is 30.9 Å². The van der Waals surface area contributed by atoms with Crippen LogP contribution in [-0.4, -0.2) is 36.0 Å². The predicted octanol–water partition coefficient (Wildman–Crippen LogP) is 8.10. The molecule has 1 aromatic heterocycles. The summed E-state index contributed by atoms with van der Waals surface area (Å²) in [6.45, 7) is 12.4. The van der Waals surface area contributed by atoms with E-state index in [1.165, 1.54) is 38.5 Å². The summed E-state index contributed by atoms with van der Waals surface area (Å²) >= 11 is 0. The molecule has 1 heterocycles. The molecule has 4 aromatic carbocycles. The normalized spacial score (nSPS) is 11.7. The number of nitrogens with zero attached hydrogens (tertiary/aromatic N) is 1. The van der Waals surface area contributed by atoms with E-state index >= 15 is 0 Å². The Hall–Kier alpha value is -5.75. The van der Waals surface area contributed by atoms with Gasteiger partial charge in [0.05, 0.1) is 35.4 Å². The summed E-state index contributed by atoms with van der Waals surface area (Å²) in [5.74, 6) is 13.5. The number of pyridine rings is 1. The van der Waals surface area contributed by atoms with Crippen molar-refractivity contribution < 1.29 is 26.3 Å². The van der Waals surface area contributed by atoms with Crippen molar-refractivity contribution in [3.63, 3.8) is 0 Å². The monoisotopic (exact) mass is 761 g/mol. The first kappa shape index (κ1) is 39.5. The molecule has 5 rings (SSSR count). The lowest BCUT2D eigenvalue weighted by molar-refractivity contribution is 0.414. The number of sulfonamides is 2. The fraction of sp³-hybridized carbons (Fsp3) is 0.233. The van der Waals surface area contributed by atoms with Gasteiger partial charge in [0.25, 0.3) is 20.0 Å². The average Bonchev–Trinajstić information content (AvgIpc) is 3.13. The number of anilines is 2. The molecule has 0 atom stereocenters. The summed E-state index contributed by atoms with van der Waals surface area (Å²) in [5, 5.41) is 0. The van der Waals surface area contributed by atoms with Crippen molar-refractivity contribution in [1.29, 1.82) is 0 Å². The molecule has 278 valence electrons. The number of benzene rings is 4. The van der Waals surface area contributed by atoms with Crippen molar-refractivity contribution in [2.24, 2.45) is 0 Å². The highest BCUT2D eigenvalue weighted by atomic mass is 32.2. The lowest BCUT2D eigenvalue weighted by Crippen LogP contribution is -2.15. The van der Waals surface area contributed by atoms with E-state index in [1.807, 2.05) is 24.3 Å². The van der Waals surface area contributed by atoms with E-state index in [0.29, 0.717) is 45.4 Å². The van der Waals surface area contributed by atoms with Gasteiger partial charge in [0, 0.05) is 11.1 Å². The molecule has 2 N–H and O–H groups in total. The Kier molecular flexibility index (Phi) is 11.5. The van der Waals surface area contributed by atoms with Crippen LogP contribution in [0.2, 0.25) is 0 Å². The molecule has 0 aliphatic carbocycles. The fourth-order valence-electron chi connectivity index (χ4n) is 5.16. The third-order valence-electron chi connectivity index (χ3n) is 8.40. The Labute approximate surface area is 319 Å². The Balaban J connectivity index is 1.49. The molecule has 0 aliphatic heterocycles. The molecule has 11 heteroatoms. The smallest absolute Gasteiger partial charge is 0.261 e. The van der Waals surface area contributed by atoms with E-state index in [1.54, 1.807) is 54.6 Å². The van der Waals surface area contributed by atoms with Crippen LogP contribution in [0.1, 0.15) is 75.2 Å². The number of nitrogens with one attached hydrogen (secondary N) is 2. The number of hydrogen-bond donors (Lipinski definition) is 2. The van der Waals surface area contributed by atoms with Crippen molar-refractivity contribution >= 4 is 31.4 Å². The van der Waals surface area contributed by atoms with Crippen LogP contribution in [0.5, 0.6) is 11.5 Å². The van der Waals surface area contributed by atoms with Crippen LogP contribution >= 0.6 is 0 Å². The molecule has 0 fully saturated rings. The fourth-order valence-corrected chi connectivity index (χ4v) is 7.32. The summed E-state index contributed by atoms with van der Waals surface area (Å²) in [7, 11) is -4.84. The second kappa shape index (κ2) is 15.7. The molecular formula is C43H43N3O6S2. The summed E-state index contributed by atoms with van der Waals surface area (Å²) in [6, 6.07) is 28.4. The van der Waals surface area contributed by atoms with Crippen LogP contribution in [0.25, 0.3) is 0 Å². The maximum atomic E-state index is 13.3. The van der Waals surface area contributed by atoms with Crippen LogP contribution in [0.3, 0.4) is 0 Å². The number of methoxy groups -OCH3 is 2. The summed E-state index contributed by atoms with van der Waals surface area (Å²) in [5.41, 5.74) is 3.94. The first-order valence-electron chi connectivity index (χ1n) is 17.0. The van der Waals surface area contributed by atoms with Gasteiger partial charge in [0.1, 0.15) is 22.9 Å². The lowest BCUT2D eigenvalue weighted by atomic mass is 9.86. The van der Waals surface area contributed by atoms with Crippen LogP contribution < -0.4 is 18.9 Å². The summed E-state index contributed by atoms with van der Waals surface area (Å²) in [4.78, 5) is 4.80. The van der Waals surface area contributed by atoms with Crippen molar-refractivity contribution in [2.45, 2.75) is 62.2 Å². The zero-order valence-corrected chi connectivity index (χ0v) is 33.2. The largest absolute Gasteiger partial charge is 0.497 e. The minimum absolute atomic E-state index is 0.0831. The van der Waals surface area contributed by atoms with Gasteiger partial charge in [-0.1, -0.05) is 71.6 Å². The highest BCUT2D eigenvalue weighted by Gasteiger charge is 2.21. The topological polar surface area (TPSA) is 124 Å². The quantitative estimate of drug-likeness (QED) is 0.153. The maximum Gasteiger partial charge on any atom is 0.261 e. The van der Waals surface area contributed by atoms with Crippen molar-refractivity contribution in [3.05, 3.63) is 137 Å². The van der Waals surface area contributed by atoms with E-state index in [-0.39, 0.29) is 20.6 Å². The second-order valence-corrected chi connectivity index (χ2v) is 17.9. The predicted molar refractivity (Wildman–Crippen MR) is 214 cm³/mol. The van der Waals surface area contributed by atoms with Gasteiger partial charge in [-0.25, -0.2) is 21.8 Å². The molecular weight excluding hydrogens is 719 g/mol. The third-order valence-corrected chi connectivity index (χ3v) is 11.2. The number of ether oxygens (including phenoxy) is 2. The van der Waals surface area contributed by atoms with Gasteiger partial charge in [-0.05, 0) is 119 Å². The minimum Gasteiger partial charge on any atom is -0.497 e. The third kappa shape index (κ3) is 9.81. The molecule has 0 saturated carbocycles. The van der Waals surface area contributed by atoms with Gasteiger partial charge in [-0.2, -0.15) is 0 Å². The molecule has 0 amide bonds. The Bertz CT molecular complexity index is 2340. The zero-order valence-electron chi connectivity index (χ0n) is 31.5. The molecule has 0 bridgehead atoms. The van der Waals surface area contributed by atoms with E-state index in [9.17, 15) is 16.8 Å². The molecule has 0 unspecified atom stereocenters. The van der Waals surface area contributed by atoms with Crippen molar-refractivity contribution in [2.75, 3.05) is 23.7 Å². The first-order chi connectivity index (χ1) is 25.4. The zero-order chi connectivity index (χ0) is 39.3. The van der Waals surface area contributed by atoms with E-state index in [4.69, 9.17) is 9.47 Å². The molecule has 0 aliphatic rings. The van der Waals surface area contributed by atoms with Crippen LogP contribution in [0, 0.1) is 23.7 Å². The van der Waals surface area contributed by atoms with E-state index in [2.05, 4.69) is 79.7 Å². The average molecular weight is 762 g/mol. The van der Waals surface area contributed by atoms with Gasteiger partial charge >= 0.3 is 0 Å². The van der Waals surface area contributed by atoms with Gasteiger partial charge in [-0.15, -0.1) is 0 Å². The number of aromatic nitrogens is 1. The summed E-state index contributed by atoms with van der Waals surface area (Å²) in [6.07, 6.45) is 0. The van der Waals surface area contributed by atoms with Gasteiger partial charge in [-0.3, -0.25) is 9.44 Å². The standard InChI is InChI=1S/C43H43N3O6S2/c1-42(2,3)32-14-26-40(45-53(47,48)38-22-18-36(51-7)19-23-38)30(28-32)12-16-34-10-9-11-35(44-34)17-13-31-29-33(43(4,5)6)15-27-41(31)46-54(49,50)39-24-20-37(52-8)21-25-39/h9-11,14-15,18-29,45-46H,1-8H3. The number of hydrogen-bond acceptors (Lipinski definition) is 7. The first-order valence-corrected chi connectivity index (χ1v) is 20.0. The SMILES string of the molecule is COc1ccc(S(=O)(=O)Nc2ccc(C(C)(C)C)cc2C#Cc2cccc(C#Cc3cc(C(C)(C)C)ccc3NS(=O)(=O)c3ccc(OC)cc3)n2)cc1. The Morgan fingerprint density at radius 1 is 0.519 bits per heavy atom.